The summed E-state index contributed by atoms with van der Waals surface area (Å²) in [5.74, 6) is -0.709. The fourth-order valence-corrected chi connectivity index (χ4v) is 2.09. The van der Waals surface area contributed by atoms with Crippen LogP contribution in [0.15, 0.2) is 42.5 Å². The van der Waals surface area contributed by atoms with Crippen LogP contribution >= 0.6 is 0 Å². The first-order chi connectivity index (χ1) is 10.6. The van der Waals surface area contributed by atoms with Crippen molar-refractivity contribution < 1.29 is 31.1 Å². The van der Waals surface area contributed by atoms with Crippen LogP contribution < -0.4 is 10.5 Å². The normalized spacial score (nSPS) is 12.3. The van der Waals surface area contributed by atoms with Gasteiger partial charge in [0.05, 0.1) is 5.56 Å². The summed E-state index contributed by atoms with van der Waals surface area (Å²) >= 11 is 0. The number of nitrogens with two attached hydrogens (primary N) is 1. The molecule has 0 aromatic heterocycles. The summed E-state index contributed by atoms with van der Waals surface area (Å²) in [6, 6.07) is 7.74. The smallest absolute Gasteiger partial charge is 0.405 e. The maximum Gasteiger partial charge on any atom is 0.573 e. The maximum absolute atomic E-state index is 13.1. The van der Waals surface area contributed by atoms with E-state index in [2.05, 4.69) is 4.74 Å². The third-order valence-corrected chi connectivity index (χ3v) is 3.03. The van der Waals surface area contributed by atoms with E-state index in [0.717, 1.165) is 24.3 Å². The number of halogens is 6. The summed E-state index contributed by atoms with van der Waals surface area (Å²) < 4.78 is 80.6. The number of hydrogen-bond acceptors (Lipinski definition) is 2. The molecule has 0 unspecified atom stereocenters. The van der Waals surface area contributed by atoms with Crippen molar-refractivity contribution in [2.45, 2.75) is 19.1 Å². The molecule has 0 fully saturated rings. The van der Waals surface area contributed by atoms with Crippen LogP contribution in [-0.4, -0.2) is 6.36 Å². The molecule has 0 aliphatic heterocycles. The van der Waals surface area contributed by atoms with Crippen molar-refractivity contribution in [2.75, 3.05) is 0 Å². The van der Waals surface area contributed by atoms with Crippen molar-refractivity contribution in [3.8, 4) is 16.9 Å². The molecule has 0 saturated carbocycles. The van der Waals surface area contributed by atoms with E-state index >= 15 is 0 Å². The van der Waals surface area contributed by atoms with Crippen LogP contribution in [0.25, 0.3) is 11.1 Å². The van der Waals surface area contributed by atoms with Crippen molar-refractivity contribution in [3.05, 3.63) is 53.6 Å². The molecule has 124 valence electrons. The van der Waals surface area contributed by atoms with Gasteiger partial charge in [-0.25, -0.2) is 0 Å². The molecule has 2 rings (SSSR count). The van der Waals surface area contributed by atoms with Crippen LogP contribution in [0, 0.1) is 0 Å². The Labute approximate surface area is 127 Å². The van der Waals surface area contributed by atoms with Gasteiger partial charge in [0.2, 0.25) is 0 Å². The zero-order valence-corrected chi connectivity index (χ0v) is 11.5. The van der Waals surface area contributed by atoms with E-state index in [9.17, 15) is 26.3 Å². The van der Waals surface area contributed by atoms with Crippen molar-refractivity contribution in [1.82, 2.24) is 0 Å². The van der Waals surface area contributed by atoms with Gasteiger partial charge in [-0.3, -0.25) is 0 Å². The predicted octanol–water partition coefficient (Wildman–Crippen LogP) is 4.73. The number of para-hydroxylation sites is 1. The Kier molecular flexibility index (Phi) is 4.56. The molecule has 2 nitrogen and oxygen atoms in total. The standard InChI is InChI=1S/C15H11F6NO/c16-14(17,18)12-6-5-9(8-22)7-11(12)10-3-1-2-4-13(10)23-15(19,20)21/h1-7H,8,22H2. The SMILES string of the molecule is NCc1ccc(C(F)(F)F)c(-c2ccccc2OC(F)(F)F)c1. The van der Waals surface area contributed by atoms with Crippen molar-refractivity contribution >= 4 is 0 Å². The lowest BCUT2D eigenvalue weighted by Crippen LogP contribution is -2.18. The van der Waals surface area contributed by atoms with Crippen molar-refractivity contribution in [2.24, 2.45) is 5.73 Å². The van der Waals surface area contributed by atoms with Crippen LogP contribution in [0.4, 0.5) is 26.3 Å². The lowest BCUT2D eigenvalue weighted by Gasteiger charge is -2.18. The molecule has 0 bridgehead atoms. The summed E-state index contributed by atoms with van der Waals surface area (Å²) in [6.45, 7) is -0.0482. The third kappa shape index (κ3) is 4.16. The third-order valence-electron chi connectivity index (χ3n) is 3.03. The highest BCUT2D eigenvalue weighted by atomic mass is 19.4. The highest BCUT2D eigenvalue weighted by Gasteiger charge is 2.36. The molecule has 0 aliphatic carbocycles. The zero-order valence-electron chi connectivity index (χ0n) is 11.5. The van der Waals surface area contributed by atoms with Gasteiger partial charge in [-0.05, 0) is 29.3 Å². The molecule has 2 N–H and O–H groups in total. The summed E-state index contributed by atoms with van der Waals surface area (Å²) in [4.78, 5) is 0. The fraction of sp³-hybridized carbons (Fsp3) is 0.200. The number of ether oxygens (including phenoxy) is 1. The Bertz CT molecular complexity index is 693. The predicted molar refractivity (Wildman–Crippen MR) is 71.5 cm³/mol. The van der Waals surface area contributed by atoms with Crippen LogP contribution in [0.2, 0.25) is 0 Å². The topological polar surface area (TPSA) is 35.2 Å². The van der Waals surface area contributed by atoms with Crippen molar-refractivity contribution in [3.63, 3.8) is 0 Å². The lowest BCUT2D eigenvalue weighted by molar-refractivity contribution is -0.274. The van der Waals surface area contributed by atoms with Gasteiger partial charge in [0.25, 0.3) is 0 Å². The molecule has 0 aliphatic rings. The highest BCUT2D eigenvalue weighted by Crippen LogP contribution is 2.41. The molecule has 8 heteroatoms. The molecular formula is C15H11F6NO. The monoisotopic (exact) mass is 335 g/mol. The van der Waals surface area contributed by atoms with Crippen LogP contribution in [0.5, 0.6) is 5.75 Å². The average Bonchev–Trinajstić information content (AvgIpc) is 2.44. The first-order valence-electron chi connectivity index (χ1n) is 6.37. The summed E-state index contributed by atoms with van der Waals surface area (Å²) in [5.41, 5.74) is 3.97. The fourth-order valence-electron chi connectivity index (χ4n) is 2.09. The molecule has 2 aromatic carbocycles. The highest BCUT2D eigenvalue weighted by molar-refractivity contribution is 5.74. The first kappa shape index (κ1) is 17.1. The molecule has 2 aromatic rings. The molecule has 0 atom stereocenters. The van der Waals surface area contributed by atoms with Crippen molar-refractivity contribution in [1.29, 1.82) is 0 Å². The van der Waals surface area contributed by atoms with Gasteiger partial charge in [0.15, 0.2) is 0 Å². The lowest BCUT2D eigenvalue weighted by atomic mass is 9.96. The molecule has 0 saturated heterocycles. The van der Waals surface area contributed by atoms with Crippen LogP contribution in [-0.2, 0) is 12.7 Å². The molecule has 0 spiro atoms. The van der Waals surface area contributed by atoms with Crippen LogP contribution in [0.3, 0.4) is 0 Å². The summed E-state index contributed by atoms with van der Waals surface area (Å²) in [7, 11) is 0. The van der Waals surface area contributed by atoms with Gasteiger partial charge >= 0.3 is 12.5 Å². The quantitative estimate of drug-likeness (QED) is 0.823. The Hall–Kier alpha value is -2.22. The Morgan fingerprint density at radius 1 is 0.870 bits per heavy atom. The molecule has 0 heterocycles. The van der Waals surface area contributed by atoms with E-state index in [4.69, 9.17) is 5.73 Å². The van der Waals surface area contributed by atoms with E-state index in [1.54, 1.807) is 0 Å². The first-order valence-corrected chi connectivity index (χ1v) is 6.37. The van der Waals surface area contributed by atoms with E-state index in [0.29, 0.717) is 5.56 Å². The van der Waals surface area contributed by atoms with E-state index < -0.39 is 29.4 Å². The van der Waals surface area contributed by atoms with Crippen LogP contribution in [0.1, 0.15) is 11.1 Å². The Morgan fingerprint density at radius 2 is 1.52 bits per heavy atom. The van der Waals surface area contributed by atoms with E-state index in [1.165, 1.54) is 18.2 Å². The number of hydrogen-bond donors (Lipinski definition) is 1. The largest absolute Gasteiger partial charge is 0.573 e. The minimum absolute atomic E-state index is 0.0482. The Morgan fingerprint density at radius 3 is 2.09 bits per heavy atom. The number of rotatable bonds is 3. The molecular weight excluding hydrogens is 324 g/mol. The van der Waals surface area contributed by atoms with Gasteiger partial charge in [-0.1, -0.05) is 24.3 Å². The zero-order chi connectivity index (χ0) is 17.3. The van der Waals surface area contributed by atoms with Gasteiger partial charge in [0, 0.05) is 12.1 Å². The maximum atomic E-state index is 13.1. The van der Waals surface area contributed by atoms with Gasteiger partial charge < -0.3 is 10.5 Å². The van der Waals surface area contributed by atoms with Gasteiger partial charge in [-0.2, -0.15) is 13.2 Å². The van der Waals surface area contributed by atoms with Gasteiger partial charge in [0.1, 0.15) is 5.75 Å². The Balaban J connectivity index is 2.66. The second-order valence-corrected chi connectivity index (χ2v) is 4.63. The molecule has 23 heavy (non-hydrogen) atoms. The van der Waals surface area contributed by atoms with Gasteiger partial charge in [-0.15, -0.1) is 13.2 Å². The minimum atomic E-state index is -5.01. The second kappa shape index (κ2) is 6.11. The minimum Gasteiger partial charge on any atom is -0.405 e. The molecule has 0 radical (unpaired) electrons. The summed E-state index contributed by atoms with van der Waals surface area (Å²) in [6.07, 6.45) is -9.74. The second-order valence-electron chi connectivity index (χ2n) is 4.63. The summed E-state index contributed by atoms with van der Waals surface area (Å²) in [5, 5.41) is 0. The van der Waals surface area contributed by atoms with E-state index in [1.807, 2.05) is 0 Å². The average molecular weight is 335 g/mol. The molecule has 0 amide bonds. The number of benzene rings is 2. The van der Waals surface area contributed by atoms with E-state index in [-0.39, 0.29) is 12.1 Å². The number of alkyl halides is 6.